The van der Waals surface area contributed by atoms with Crippen LogP contribution in [0.25, 0.3) is 0 Å². The molecule has 1 aromatic rings. The van der Waals surface area contributed by atoms with Crippen LogP contribution in [0.4, 0.5) is 0 Å². The Labute approximate surface area is 92.5 Å². The summed E-state index contributed by atoms with van der Waals surface area (Å²) >= 11 is 7.54. The van der Waals surface area contributed by atoms with Crippen molar-refractivity contribution in [1.29, 1.82) is 0 Å². The molecule has 1 atom stereocenters. The summed E-state index contributed by atoms with van der Waals surface area (Å²) < 4.78 is 0.864. The van der Waals surface area contributed by atoms with Gasteiger partial charge in [-0.2, -0.15) is 0 Å². The van der Waals surface area contributed by atoms with Gasteiger partial charge in [-0.1, -0.05) is 11.6 Å². The van der Waals surface area contributed by atoms with E-state index in [0.717, 1.165) is 16.5 Å². The molecule has 0 radical (unpaired) electrons. The number of allylic oxidation sites excluding steroid dienone is 2. The summed E-state index contributed by atoms with van der Waals surface area (Å²) in [5.74, 6) is 0.565. The number of nitrogens with one attached hydrogen (secondary N) is 1. The first kappa shape index (κ1) is 10.0. The second-order valence-corrected chi connectivity index (χ2v) is 5.10. The topological polar surface area (TPSA) is 21.3 Å². The van der Waals surface area contributed by atoms with Crippen LogP contribution in [0.2, 0.25) is 4.34 Å². The van der Waals surface area contributed by atoms with Crippen LogP contribution in [0.1, 0.15) is 24.1 Å². The molecule has 0 amide bonds. The quantitative estimate of drug-likeness (QED) is 0.803. The molecule has 0 bridgehead atoms. The molecule has 1 aliphatic rings. The molecule has 1 heterocycles. The van der Waals surface area contributed by atoms with Gasteiger partial charge in [0.2, 0.25) is 0 Å². The Morgan fingerprint density at radius 3 is 3.00 bits per heavy atom. The molecule has 2 nitrogen and oxygen atoms in total. The number of thiophene rings is 1. The second-order valence-electron chi connectivity index (χ2n) is 3.36. The molecule has 0 spiro atoms. The van der Waals surface area contributed by atoms with Crippen LogP contribution in [-0.4, -0.2) is 7.11 Å². The molecule has 1 fully saturated rings. The fourth-order valence-electron chi connectivity index (χ4n) is 1.58. The lowest BCUT2D eigenvalue weighted by atomic mass is 10.3. The molecule has 76 valence electrons. The Morgan fingerprint density at radius 1 is 1.64 bits per heavy atom. The average Bonchev–Trinajstić information content (AvgIpc) is 2.84. The third-order valence-electron chi connectivity index (χ3n) is 2.36. The van der Waals surface area contributed by atoms with Crippen molar-refractivity contribution in [3.63, 3.8) is 0 Å². The number of rotatable bonds is 3. The van der Waals surface area contributed by atoms with E-state index in [1.54, 1.807) is 18.4 Å². The Hall–Kier alpha value is -0.510. The highest BCUT2D eigenvalue weighted by atomic mass is 35.5. The van der Waals surface area contributed by atoms with Crippen LogP contribution in [0.15, 0.2) is 23.4 Å². The Kier molecular flexibility index (Phi) is 2.81. The first-order valence-corrected chi connectivity index (χ1v) is 5.65. The predicted molar refractivity (Wildman–Crippen MR) is 59.5 cm³/mol. The van der Waals surface area contributed by atoms with E-state index in [1.807, 2.05) is 13.0 Å². The molecule has 4 heteroatoms. The van der Waals surface area contributed by atoms with Crippen LogP contribution in [0, 0.1) is 0 Å². The molecule has 2 rings (SSSR count). The van der Waals surface area contributed by atoms with Crippen molar-refractivity contribution in [3.05, 3.63) is 32.6 Å². The van der Waals surface area contributed by atoms with Gasteiger partial charge in [0.15, 0.2) is 0 Å². The van der Waals surface area contributed by atoms with E-state index < -0.39 is 0 Å². The Bertz CT molecular complexity index is 372. The zero-order chi connectivity index (χ0) is 10.1. The summed E-state index contributed by atoms with van der Waals surface area (Å²) in [6.07, 6.45) is 1.12. The smallest absolute Gasteiger partial charge is 0.0931 e. The van der Waals surface area contributed by atoms with E-state index in [-0.39, 0.29) is 0 Å². The molecule has 1 N–H and O–H groups in total. The molecule has 1 unspecified atom stereocenters. The van der Waals surface area contributed by atoms with Gasteiger partial charge in [0.25, 0.3) is 0 Å². The van der Waals surface area contributed by atoms with Crippen molar-refractivity contribution < 1.29 is 4.84 Å². The zero-order valence-electron chi connectivity index (χ0n) is 8.13. The van der Waals surface area contributed by atoms with Crippen molar-refractivity contribution in [2.75, 3.05) is 7.11 Å². The zero-order valence-corrected chi connectivity index (χ0v) is 9.71. The largest absolute Gasteiger partial charge is 0.280 e. The van der Waals surface area contributed by atoms with Crippen LogP contribution < -0.4 is 5.48 Å². The summed E-state index contributed by atoms with van der Waals surface area (Å²) in [7, 11) is 1.63. The van der Waals surface area contributed by atoms with Gasteiger partial charge < -0.3 is 0 Å². The lowest BCUT2D eigenvalue weighted by Crippen LogP contribution is -2.08. The highest BCUT2D eigenvalue weighted by Crippen LogP contribution is 2.50. The maximum atomic E-state index is 5.88. The number of halogens is 1. The third-order valence-corrected chi connectivity index (χ3v) is 3.70. The van der Waals surface area contributed by atoms with E-state index in [0.29, 0.717) is 5.92 Å². The molecule has 0 aliphatic heterocycles. The molecular weight excluding hydrogens is 218 g/mol. The Morgan fingerprint density at radius 2 is 2.43 bits per heavy atom. The minimum absolute atomic E-state index is 0.565. The SMILES string of the molecule is CONC(C)=C1CC1c1ccc(Cl)s1. The van der Waals surface area contributed by atoms with Crippen LogP contribution in [-0.2, 0) is 4.84 Å². The van der Waals surface area contributed by atoms with Gasteiger partial charge in [0, 0.05) is 16.5 Å². The summed E-state index contributed by atoms with van der Waals surface area (Å²) in [6, 6.07) is 4.06. The van der Waals surface area contributed by atoms with Crippen LogP contribution >= 0.6 is 22.9 Å². The van der Waals surface area contributed by atoms with Crippen molar-refractivity contribution in [2.24, 2.45) is 0 Å². The van der Waals surface area contributed by atoms with Crippen molar-refractivity contribution >= 4 is 22.9 Å². The summed E-state index contributed by atoms with van der Waals surface area (Å²) in [4.78, 5) is 6.21. The average molecular weight is 230 g/mol. The molecular formula is C10H12ClNOS. The van der Waals surface area contributed by atoms with Gasteiger partial charge in [-0.25, -0.2) is 0 Å². The summed E-state index contributed by atoms with van der Waals surface area (Å²) in [6.45, 7) is 2.04. The highest BCUT2D eigenvalue weighted by molar-refractivity contribution is 7.16. The van der Waals surface area contributed by atoms with Gasteiger partial charge in [-0.05, 0) is 31.1 Å². The van der Waals surface area contributed by atoms with E-state index >= 15 is 0 Å². The summed E-state index contributed by atoms with van der Waals surface area (Å²) in [5.41, 5.74) is 5.41. The number of hydrogen-bond donors (Lipinski definition) is 1. The normalized spacial score (nSPS) is 23.5. The number of hydroxylamine groups is 1. The molecule has 1 aromatic heterocycles. The minimum atomic E-state index is 0.565. The fourth-order valence-corrected chi connectivity index (χ4v) is 2.78. The van der Waals surface area contributed by atoms with E-state index in [4.69, 9.17) is 16.4 Å². The molecule has 1 saturated carbocycles. The molecule has 0 aromatic carbocycles. The van der Waals surface area contributed by atoms with Crippen LogP contribution in [0.5, 0.6) is 0 Å². The Balaban J connectivity index is 2.09. The van der Waals surface area contributed by atoms with Crippen molar-refractivity contribution in [1.82, 2.24) is 5.48 Å². The maximum absolute atomic E-state index is 5.88. The summed E-state index contributed by atoms with van der Waals surface area (Å²) in [5, 5.41) is 0. The van der Waals surface area contributed by atoms with E-state index in [1.165, 1.54) is 10.5 Å². The van der Waals surface area contributed by atoms with Crippen molar-refractivity contribution in [3.8, 4) is 0 Å². The lowest BCUT2D eigenvalue weighted by molar-refractivity contribution is 0.117. The van der Waals surface area contributed by atoms with E-state index in [9.17, 15) is 0 Å². The van der Waals surface area contributed by atoms with Gasteiger partial charge >= 0.3 is 0 Å². The monoisotopic (exact) mass is 229 g/mol. The van der Waals surface area contributed by atoms with Crippen molar-refractivity contribution in [2.45, 2.75) is 19.3 Å². The van der Waals surface area contributed by atoms with E-state index in [2.05, 4.69) is 11.5 Å². The first-order chi connectivity index (χ1) is 6.72. The fraction of sp³-hybridized carbons (Fsp3) is 0.400. The first-order valence-electron chi connectivity index (χ1n) is 4.46. The highest BCUT2D eigenvalue weighted by Gasteiger charge is 2.34. The molecule has 0 saturated heterocycles. The minimum Gasteiger partial charge on any atom is -0.280 e. The maximum Gasteiger partial charge on any atom is 0.0931 e. The number of hydrogen-bond acceptors (Lipinski definition) is 3. The predicted octanol–water partition coefficient (Wildman–Crippen LogP) is 3.31. The third kappa shape index (κ3) is 1.95. The second kappa shape index (κ2) is 3.93. The standard InChI is InChI=1S/C10H12ClNOS/c1-6(12-13-2)7-5-8(7)9-3-4-10(11)14-9/h3-4,8,12H,5H2,1-2H3. The van der Waals surface area contributed by atoms with Gasteiger partial charge in [-0.3, -0.25) is 10.3 Å². The van der Waals surface area contributed by atoms with Crippen LogP contribution in [0.3, 0.4) is 0 Å². The van der Waals surface area contributed by atoms with Gasteiger partial charge in [0.05, 0.1) is 11.4 Å². The van der Waals surface area contributed by atoms with Gasteiger partial charge in [-0.15, -0.1) is 11.3 Å². The molecule has 1 aliphatic carbocycles. The lowest BCUT2D eigenvalue weighted by Gasteiger charge is -2.00. The van der Waals surface area contributed by atoms with Gasteiger partial charge in [0.1, 0.15) is 0 Å². The molecule has 14 heavy (non-hydrogen) atoms.